The van der Waals surface area contributed by atoms with Crippen molar-refractivity contribution in [1.29, 1.82) is 0 Å². The predicted octanol–water partition coefficient (Wildman–Crippen LogP) is 5.01. The van der Waals surface area contributed by atoms with Gasteiger partial charge in [-0.3, -0.25) is 9.89 Å². The maximum atomic E-state index is 12.6. The van der Waals surface area contributed by atoms with Gasteiger partial charge in [-0.2, -0.15) is 5.10 Å². The Morgan fingerprint density at radius 3 is 2.62 bits per heavy atom. The number of benzene rings is 2. The lowest BCUT2D eigenvalue weighted by atomic mass is 9.92. The molecule has 0 saturated heterocycles. The number of carbonyl (C=O) groups is 1. The largest absolute Gasteiger partial charge is 0.345 e. The number of imidazole rings is 1. The van der Waals surface area contributed by atoms with E-state index < -0.39 is 0 Å². The number of aromatic amines is 2. The summed E-state index contributed by atoms with van der Waals surface area (Å²) in [5.41, 5.74) is 8.47. The van der Waals surface area contributed by atoms with E-state index in [0.717, 1.165) is 52.0 Å². The lowest BCUT2D eigenvalue weighted by molar-refractivity contribution is 0.0950. The van der Waals surface area contributed by atoms with Crippen LogP contribution in [0, 0.1) is 6.92 Å². The fraction of sp³-hybridized carbons (Fsp3) is 0.259. The molecule has 0 saturated carbocycles. The van der Waals surface area contributed by atoms with Gasteiger partial charge in [-0.25, -0.2) is 9.97 Å². The van der Waals surface area contributed by atoms with Crippen molar-refractivity contribution >= 4 is 27.7 Å². The van der Waals surface area contributed by atoms with E-state index >= 15 is 0 Å². The standard InChI is InChI=1S/C27H26N6O/c1-16-13-28-24(31-16)15-29-27(34)18-9-7-17(8-10-18)26-20-6-4-2-3-5-19(20)25-21-14-30-33-22(21)11-12-23(25)32-26/h7-14H,2-6,15H2,1H3,(H,28,31)(H,29,34)(H,30,33). The molecule has 0 spiro atoms. The lowest BCUT2D eigenvalue weighted by Crippen LogP contribution is -2.23. The van der Waals surface area contributed by atoms with Gasteiger partial charge >= 0.3 is 0 Å². The first-order chi connectivity index (χ1) is 16.7. The summed E-state index contributed by atoms with van der Waals surface area (Å²) in [6.45, 7) is 2.31. The number of fused-ring (bicyclic) bond motifs is 5. The Balaban J connectivity index is 1.36. The zero-order valence-electron chi connectivity index (χ0n) is 19.1. The van der Waals surface area contributed by atoms with Crippen LogP contribution in [0.5, 0.6) is 0 Å². The predicted molar refractivity (Wildman–Crippen MR) is 133 cm³/mol. The summed E-state index contributed by atoms with van der Waals surface area (Å²) in [4.78, 5) is 25.1. The van der Waals surface area contributed by atoms with Crippen molar-refractivity contribution in [3.63, 3.8) is 0 Å². The van der Waals surface area contributed by atoms with E-state index in [9.17, 15) is 4.79 Å². The van der Waals surface area contributed by atoms with Gasteiger partial charge in [0.1, 0.15) is 5.82 Å². The quantitative estimate of drug-likeness (QED) is 0.335. The number of carbonyl (C=O) groups excluding carboxylic acids is 1. The van der Waals surface area contributed by atoms with Gasteiger partial charge in [0.05, 0.1) is 29.5 Å². The normalized spacial score (nSPS) is 13.7. The minimum Gasteiger partial charge on any atom is -0.345 e. The number of pyridine rings is 1. The minimum absolute atomic E-state index is 0.117. The zero-order chi connectivity index (χ0) is 23.1. The second-order valence-electron chi connectivity index (χ2n) is 9.04. The average molecular weight is 451 g/mol. The third-order valence-corrected chi connectivity index (χ3v) is 6.73. The number of aryl methyl sites for hydroxylation is 2. The molecule has 1 amide bonds. The van der Waals surface area contributed by atoms with E-state index in [1.165, 1.54) is 35.8 Å². The number of rotatable bonds is 4. The van der Waals surface area contributed by atoms with Crippen molar-refractivity contribution in [3.8, 4) is 11.3 Å². The van der Waals surface area contributed by atoms with E-state index in [1.54, 1.807) is 6.20 Å². The first-order valence-corrected chi connectivity index (χ1v) is 11.8. The van der Waals surface area contributed by atoms with Crippen LogP contribution in [0.1, 0.15) is 52.3 Å². The second kappa shape index (κ2) is 8.41. The fourth-order valence-electron chi connectivity index (χ4n) is 5.06. The Morgan fingerprint density at radius 2 is 1.82 bits per heavy atom. The van der Waals surface area contributed by atoms with E-state index in [0.29, 0.717) is 12.1 Å². The van der Waals surface area contributed by atoms with Gasteiger partial charge in [-0.05, 0) is 68.0 Å². The van der Waals surface area contributed by atoms with Gasteiger partial charge in [-0.15, -0.1) is 0 Å². The molecule has 5 aromatic rings. The molecule has 3 aromatic heterocycles. The number of hydrogen-bond donors (Lipinski definition) is 3. The molecule has 1 aliphatic rings. The summed E-state index contributed by atoms with van der Waals surface area (Å²) < 4.78 is 0. The Bertz CT molecular complexity index is 1510. The SMILES string of the molecule is Cc1cnc(CNC(=O)c2ccc(-c3nc4ccc5[nH]ncc5c4c4c3CCCCC4)cc2)[nH]1. The minimum atomic E-state index is -0.117. The molecule has 3 heterocycles. The Hall–Kier alpha value is -4.00. The highest BCUT2D eigenvalue weighted by molar-refractivity contribution is 6.07. The summed E-state index contributed by atoms with van der Waals surface area (Å²) >= 11 is 0. The summed E-state index contributed by atoms with van der Waals surface area (Å²) in [6, 6.07) is 11.9. The fourth-order valence-corrected chi connectivity index (χ4v) is 5.06. The summed E-state index contributed by atoms with van der Waals surface area (Å²) in [5.74, 6) is 0.630. The van der Waals surface area contributed by atoms with Crippen LogP contribution in [-0.2, 0) is 19.4 Å². The third kappa shape index (κ3) is 3.63. The topological polar surface area (TPSA) is 99.3 Å². The Kier molecular flexibility index (Phi) is 5.09. The molecule has 34 heavy (non-hydrogen) atoms. The zero-order valence-corrected chi connectivity index (χ0v) is 19.1. The number of hydrogen-bond acceptors (Lipinski definition) is 4. The molecule has 0 unspecified atom stereocenters. The molecular formula is C27H26N6O. The van der Waals surface area contributed by atoms with Gasteiger partial charge in [-0.1, -0.05) is 18.6 Å². The number of nitrogens with zero attached hydrogens (tertiary/aromatic N) is 3. The van der Waals surface area contributed by atoms with Crippen LogP contribution in [0.25, 0.3) is 33.1 Å². The molecule has 7 heteroatoms. The summed E-state index contributed by atoms with van der Waals surface area (Å²) in [7, 11) is 0. The van der Waals surface area contributed by atoms with Crippen molar-refractivity contribution in [1.82, 2.24) is 30.5 Å². The first kappa shape index (κ1) is 20.6. The van der Waals surface area contributed by atoms with E-state index in [4.69, 9.17) is 4.98 Å². The number of amides is 1. The van der Waals surface area contributed by atoms with Crippen LogP contribution < -0.4 is 5.32 Å². The first-order valence-electron chi connectivity index (χ1n) is 11.8. The molecule has 0 atom stereocenters. The monoisotopic (exact) mass is 450 g/mol. The maximum Gasteiger partial charge on any atom is 0.251 e. The number of nitrogens with one attached hydrogen (secondary N) is 3. The van der Waals surface area contributed by atoms with Crippen LogP contribution in [0.15, 0.2) is 48.8 Å². The average Bonchev–Trinajstić information content (AvgIpc) is 3.44. The highest BCUT2D eigenvalue weighted by Crippen LogP contribution is 2.37. The smallest absolute Gasteiger partial charge is 0.251 e. The van der Waals surface area contributed by atoms with Gasteiger partial charge in [0.15, 0.2) is 0 Å². The van der Waals surface area contributed by atoms with Crippen LogP contribution in [-0.4, -0.2) is 31.1 Å². The van der Waals surface area contributed by atoms with E-state index in [1.807, 2.05) is 37.4 Å². The third-order valence-electron chi connectivity index (χ3n) is 6.73. The molecular weight excluding hydrogens is 424 g/mol. The molecule has 0 fully saturated rings. The molecule has 170 valence electrons. The van der Waals surface area contributed by atoms with Crippen LogP contribution in [0.2, 0.25) is 0 Å². The molecule has 0 bridgehead atoms. The van der Waals surface area contributed by atoms with Crippen molar-refractivity contribution in [2.75, 3.05) is 0 Å². The van der Waals surface area contributed by atoms with Gasteiger partial charge in [0.2, 0.25) is 0 Å². The summed E-state index contributed by atoms with van der Waals surface area (Å²) in [5, 5.41) is 12.7. The molecule has 0 aliphatic heterocycles. The van der Waals surface area contributed by atoms with E-state index in [-0.39, 0.29) is 5.91 Å². The molecule has 2 aromatic carbocycles. The van der Waals surface area contributed by atoms with Gasteiger partial charge in [0.25, 0.3) is 5.91 Å². The molecule has 7 nitrogen and oxygen atoms in total. The van der Waals surface area contributed by atoms with Crippen LogP contribution >= 0.6 is 0 Å². The van der Waals surface area contributed by atoms with Gasteiger partial charge in [0, 0.05) is 33.8 Å². The van der Waals surface area contributed by atoms with Crippen molar-refractivity contribution < 1.29 is 4.79 Å². The molecule has 6 rings (SSSR count). The van der Waals surface area contributed by atoms with Gasteiger partial charge < -0.3 is 10.3 Å². The van der Waals surface area contributed by atoms with Crippen molar-refractivity contribution in [3.05, 3.63) is 77.0 Å². The Morgan fingerprint density at radius 1 is 1.00 bits per heavy atom. The van der Waals surface area contributed by atoms with Crippen molar-refractivity contribution in [2.24, 2.45) is 0 Å². The lowest BCUT2D eigenvalue weighted by Gasteiger charge is -2.16. The van der Waals surface area contributed by atoms with Crippen LogP contribution in [0.3, 0.4) is 0 Å². The molecule has 3 N–H and O–H groups in total. The second-order valence-corrected chi connectivity index (χ2v) is 9.04. The molecule has 1 aliphatic carbocycles. The van der Waals surface area contributed by atoms with Crippen LogP contribution in [0.4, 0.5) is 0 Å². The van der Waals surface area contributed by atoms with Crippen molar-refractivity contribution in [2.45, 2.75) is 45.6 Å². The summed E-state index contributed by atoms with van der Waals surface area (Å²) in [6.07, 6.45) is 9.33. The molecule has 0 radical (unpaired) electrons. The maximum absolute atomic E-state index is 12.6. The number of H-pyrrole nitrogens is 2. The highest BCUT2D eigenvalue weighted by Gasteiger charge is 2.20. The highest BCUT2D eigenvalue weighted by atomic mass is 16.1. The number of aromatic nitrogens is 5. The Labute approximate surface area is 197 Å². The van der Waals surface area contributed by atoms with E-state index in [2.05, 4.69) is 37.6 Å².